The predicted molar refractivity (Wildman–Crippen MR) is 261 cm³/mol. The summed E-state index contributed by atoms with van der Waals surface area (Å²) in [6.45, 7) is 4.49. The summed E-state index contributed by atoms with van der Waals surface area (Å²) in [5.41, 5.74) is -0.961. The summed E-state index contributed by atoms with van der Waals surface area (Å²) >= 11 is 3.57. The van der Waals surface area contributed by atoms with Crippen molar-refractivity contribution in [2.24, 2.45) is 11.8 Å². The van der Waals surface area contributed by atoms with E-state index >= 15 is 0 Å². The van der Waals surface area contributed by atoms with Crippen LogP contribution in [0, 0.1) is 35.1 Å². The Hall–Kier alpha value is -5.66. The van der Waals surface area contributed by atoms with Gasteiger partial charge in [-0.25, -0.2) is 27.2 Å². The van der Waals surface area contributed by atoms with Crippen LogP contribution < -0.4 is 0 Å². The molecule has 68 heavy (non-hydrogen) atoms. The maximum Gasteiger partial charge on any atom is 0.332 e. The molecule has 0 radical (unpaired) electrons. The second-order valence-electron chi connectivity index (χ2n) is 17.2. The van der Waals surface area contributed by atoms with Gasteiger partial charge >= 0.3 is 11.9 Å². The molecule has 12 heteroatoms. The number of carbonyl (C=O) groups excluding carboxylic acids is 2. The third kappa shape index (κ3) is 12.0. The van der Waals surface area contributed by atoms with Crippen LogP contribution in [-0.2, 0) is 30.3 Å². The number of carbonyl (C=O) groups is 2. The first-order chi connectivity index (χ1) is 33.1. The molecule has 2 heterocycles. The second-order valence-corrected chi connectivity index (χ2v) is 19.6. The molecule has 0 saturated carbocycles. The molecule has 0 aliphatic carbocycles. The SMILES string of the molecule is O=C(/C=C\C(=O)OC(c1ccc(F)cc1)(c1ccc(F)cc1)C1CCN(CCSc2ccccc2)CC1)OC(c1ccc(F)cc1)(c1ccc(F)cc1)C1CCN(CCSc2ccccc2)CC1. The number of thioether (sulfide) groups is 2. The first-order valence-electron chi connectivity index (χ1n) is 23.1. The summed E-state index contributed by atoms with van der Waals surface area (Å²) in [5.74, 6) is -2.46. The average Bonchev–Trinajstić information content (AvgIpc) is 3.36. The molecule has 2 saturated heterocycles. The first-order valence-corrected chi connectivity index (χ1v) is 25.1. The van der Waals surface area contributed by atoms with Crippen LogP contribution >= 0.6 is 23.5 Å². The van der Waals surface area contributed by atoms with Crippen molar-refractivity contribution < 1.29 is 36.6 Å². The Bertz CT molecular complexity index is 2300. The minimum Gasteiger partial charge on any atom is -0.446 e. The Morgan fingerprint density at radius 3 is 1.01 bits per heavy atom. The average molecular weight is 959 g/mol. The van der Waals surface area contributed by atoms with Crippen LogP contribution in [0.15, 0.2) is 180 Å². The molecule has 0 bridgehead atoms. The van der Waals surface area contributed by atoms with Gasteiger partial charge in [0.25, 0.3) is 0 Å². The molecule has 0 spiro atoms. The molecule has 2 aliphatic heterocycles. The van der Waals surface area contributed by atoms with Gasteiger partial charge in [-0.15, -0.1) is 23.5 Å². The highest BCUT2D eigenvalue weighted by Crippen LogP contribution is 2.47. The molecule has 8 rings (SSSR count). The number of ether oxygens (including phenoxy) is 2. The van der Waals surface area contributed by atoms with Crippen molar-refractivity contribution in [2.75, 3.05) is 50.8 Å². The van der Waals surface area contributed by atoms with Crippen LogP contribution in [0.4, 0.5) is 17.6 Å². The van der Waals surface area contributed by atoms with Gasteiger partial charge in [-0.2, -0.15) is 0 Å². The van der Waals surface area contributed by atoms with Gasteiger partial charge in [0.05, 0.1) is 0 Å². The van der Waals surface area contributed by atoms with Crippen molar-refractivity contribution in [1.82, 2.24) is 9.80 Å². The minimum absolute atomic E-state index is 0.312. The quantitative estimate of drug-likeness (QED) is 0.0365. The van der Waals surface area contributed by atoms with Crippen molar-refractivity contribution in [2.45, 2.75) is 46.7 Å². The fourth-order valence-electron chi connectivity index (χ4n) is 9.73. The molecule has 2 aliphatic rings. The van der Waals surface area contributed by atoms with Crippen molar-refractivity contribution in [3.8, 4) is 0 Å². The summed E-state index contributed by atoms with van der Waals surface area (Å²) in [4.78, 5) is 35.8. The van der Waals surface area contributed by atoms with Crippen LogP contribution in [-0.4, -0.2) is 72.5 Å². The van der Waals surface area contributed by atoms with E-state index in [9.17, 15) is 27.2 Å². The zero-order valence-corrected chi connectivity index (χ0v) is 39.3. The molecule has 0 amide bonds. The summed E-state index contributed by atoms with van der Waals surface area (Å²) in [7, 11) is 0. The number of piperidine rings is 2. The fourth-order valence-corrected chi connectivity index (χ4v) is 11.6. The molecule has 6 aromatic rings. The highest BCUT2D eigenvalue weighted by Gasteiger charge is 2.48. The van der Waals surface area contributed by atoms with E-state index in [0.29, 0.717) is 74.1 Å². The van der Waals surface area contributed by atoms with E-state index in [4.69, 9.17) is 9.47 Å². The largest absolute Gasteiger partial charge is 0.446 e. The van der Waals surface area contributed by atoms with Gasteiger partial charge < -0.3 is 19.3 Å². The third-order valence-electron chi connectivity index (χ3n) is 13.1. The van der Waals surface area contributed by atoms with Crippen LogP contribution in [0.25, 0.3) is 0 Å². The van der Waals surface area contributed by atoms with E-state index in [1.165, 1.54) is 58.3 Å². The molecule has 6 nitrogen and oxygen atoms in total. The molecule has 352 valence electrons. The Kier molecular flexibility index (Phi) is 16.6. The smallest absolute Gasteiger partial charge is 0.332 e. The lowest BCUT2D eigenvalue weighted by molar-refractivity contribution is -0.161. The van der Waals surface area contributed by atoms with Crippen molar-refractivity contribution in [3.63, 3.8) is 0 Å². The van der Waals surface area contributed by atoms with Gasteiger partial charge in [-0.1, -0.05) is 84.9 Å². The van der Waals surface area contributed by atoms with Gasteiger partial charge in [0, 0.05) is 80.6 Å². The van der Waals surface area contributed by atoms with Crippen LogP contribution in [0.3, 0.4) is 0 Å². The lowest BCUT2D eigenvalue weighted by Gasteiger charge is -2.45. The number of hydrogen-bond donors (Lipinski definition) is 0. The predicted octanol–water partition coefficient (Wildman–Crippen LogP) is 12.1. The number of likely N-dealkylation sites (tertiary alicyclic amines) is 2. The van der Waals surface area contributed by atoms with E-state index in [0.717, 1.165) is 36.7 Å². The standard InChI is InChI=1S/C56H54F4N2O4S2/c57-47-19-11-41(12-20-47)55(42-13-21-48(58)22-14-42,45-29-33-61(34-30-45)37-39-67-51-7-3-1-4-8-51)65-53(63)27-28-54(64)66-56(43-15-23-49(59)24-16-43,44-17-25-50(60)26-18-44)46-31-35-62(36-32-46)38-40-68-52-9-5-2-6-10-52/h1-28,45-46H,29-40H2/b28-27-. The summed E-state index contributed by atoms with van der Waals surface area (Å²) in [5, 5.41) is 0. The third-order valence-corrected chi connectivity index (χ3v) is 15.1. The molecule has 0 unspecified atom stereocenters. The zero-order valence-electron chi connectivity index (χ0n) is 37.7. The summed E-state index contributed by atoms with van der Waals surface area (Å²) < 4.78 is 71.4. The van der Waals surface area contributed by atoms with Crippen molar-refractivity contribution in [3.05, 3.63) is 215 Å². The Morgan fingerprint density at radius 2 is 0.735 bits per heavy atom. The highest BCUT2D eigenvalue weighted by atomic mass is 32.2. The maximum atomic E-state index is 14.5. The van der Waals surface area contributed by atoms with Gasteiger partial charge in [-0.05, 0) is 125 Å². The van der Waals surface area contributed by atoms with Crippen LogP contribution in [0.2, 0.25) is 0 Å². The highest BCUT2D eigenvalue weighted by molar-refractivity contribution is 7.99. The van der Waals surface area contributed by atoms with Crippen LogP contribution in [0.1, 0.15) is 47.9 Å². The van der Waals surface area contributed by atoms with E-state index in [1.807, 2.05) is 36.4 Å². The van der Waals surface area contributed by atoms with Gasteiger partial charge in [0.2, 0.25) is 0 Å². The van der Waals surface area contributed by atoms with E-state index in [-0.39, 0.29) is 11.8 Å². The number of nitrogens with zero attached hydrogens (tertiary/aromatic N) is 2. The van der Waals surface area contributed by atoms with Gasteiger partial charge in [0.15, 0.2) is 11.2 Å². The zero-order chi connectivity index (χ0) is 47.4. The van der Waals surface area contributed by atoms with Crippen molar-refractivity contribution in [1.29, 1.82) is 0 Å². The number of hydrogen-bond acceptors (Lipinski definition) is 8. The lowest BCUT2D eigenvalue weighted by Crippen LogP contribution is -2.47. The topological polar surface area (TPSA) is 59.1 Å². The van der Waals surface area contributed by atoms with Gasteiger partial charge in [0.1, 0.15) is 23.3 Å². The molecular weight excluding hydrogens is 905 g/mol. The normalized spacial score (nSPS) is 15.6. The van der Waals surface area contributed by atoms with E-state index < -0.39 is 46.4 Å². The van der Waals surface area contributed by atoms with Crippen LogP contribution in [0.5, 0.6) is 0 Å². The van der Waals surface area contributed by atoms with E-state index in [1.54, 1.807) is 72.1 Å². The van der Waals surface area contributed by atoms with Gasteiger partial charge in [-0.3, -0.25) is 0 Å². The number of rotatable bonds is 18. The number of esters is 2. The summed E-state index contributed by atoms with van der Waals surface area (Å²) in [6, 6.07) is 43.6. The fraction of sp³-hybridized carbons (Fsp3) is 0.286. The molecule has 0 aromatic heterocycles. The number of halogens is 4. The number of benzene rings is 6. The van der Waals surface area contributed by atoms with E-state index in [2.05, 4.69) is 34.1 Å². The minimum atomic E-state index is -1.49. The van der Waals surface area contributed by atoms with Crippen molar-refractivity contribution >= 4 is 35.5 Å². The maximum absolute atomic E-state index is 14.5. The molecule has 6 aromatic carbocycles. The molecular formula is C56H54F4N2O4S2. The second kappa shape index (κ2) is 23.1. The Morgan fingerprint density at radius 1 is 0.456 bits per heavy atom. The Balaban J connectivity index is 1.05. The monoisotopic (exact) mass is 958 g/mol. The molecule has 0 N–H and O–H groups in total. The first kappa shape index (κ1) is 48.8. The summed E-state index contributed by atoms with van der Waals surface area (Å²) in [6.07, 6.45) is 4.46. The molecule has 0 atom stereocenters. The lowest BCUT2D eigenvalue weighted by atomic mass is 9.71. The Labute approximate surface area is 404 Å². The molecule has 2 fully saturated rings.